The second-order valence-corrected chi connectivity index (χ2v) is 6.56. The van der Waals surface area contributed by atoms with E-state index in [-0.39, 0.29) is 0 Å². The van der Waals surface area contributed by atoms with Gasteiger partial charge in [0.25, 0.3) is 0 Å². The van der Waals surface area contributed by atoms with Crippen molar-refractivity contribution in [2.45, 2.75) is 51.6 Å². The molecule has 0 N–H and O–H groups in total. The van der Waals surface area contributed by atoms with E-state index >= 15 is 0 Å². The van der Waals surface area contributed by atoms with Crippen LogP contribution in [0.3, 0.4) is 0 Å². The molecule has 2 rings (SSSR count). The van der Waals surface area contributed by atoms with Gasteiger partial charge in [-0.1, -0.05) is 52.9 Å². The highest BCUT2D eigenvalue weighted by molar-refractivity contribution is 9.09. The Hall–Kier alpha value is -0.540. The van der Waals surface area contributed by atoms with Gasteiger partial charge in [-0.2, -0.15) is 0 Å². The zero-order chi connectivity index (χ0) is 14.4. The Morgan fingerprint density at radius 3 is 2.65 bits per heavy atom. The van der Waals surface area contributed by atoms with Crippen LogP contribution in [0.4, 0.5) is 0 Å². The third kappa shape index (κ3) is 4.23. The number of halogens is 1. The zero-order valence-electron chi connectivity index (χ0n) is 12.7. The summed E-state index contributed by atoms with van der Waals surface area (Å²) in [6.45, 7) is 4.27. The van der Waals surface area contributed by atoms with Crippen LogP contribution in [-0.4, -0.2) is 29.9 Å². The topological polar surface area (TPSA) is 12.5 Å². The smallest absolute Gasteiger partial charge is 0.123 e. The molecule has 1 saturated carbocycles. The molecule has 0 heterocycles. The van der Waals surface area contributed by atoms with Gasteiger partial charge < -0.3 is 4.74 Å². The number of hydrogen-bond donors (Lipinski definition) is 0. The van der Waals surface area contributed by atoms with Gasteiger partial charge in [-0.3, -0.25) is 4.90 Å². The maximum Gasteiger partial charge on any atom is 0.123 e. The molecule has 1 fully saturated rings. The molecule has 0 spiro atoms. The van der Waals surface area contributed by atoms with Gasteiger partial charge in [0.15, 0.2) is 0 Å². The van der Waals surface area contributed by atoms with Crippen LogP contribution in [0.15, 0.2) is 18.2 Å². The molecule has 3 heteroatoms. The fraction of sp³-hybridized carbons (Fsp3) is 0.647. The lowest BCUT2D eigenvalue weighted by Gasteiger charge is -2.34. The minimum atomic E-state index is 0.742. The minimum Gasteiger partial charge on any atom is -0.496 e. The number of nitrogens with zero attached hydrogens (tertiary/aromatic N) is 1. The van der Waals surface area contributed by atoms with E-state index in [4.69, 9.17) is 4.74 Å². The van der Waals surface area contributed by atoms with Crippen LogP contribution in [0.1, 0.15) is 43.2 Å². The molecule has 0 saturated heterocycles. The summed E-state index contributed by atoms with van der Waals surface area (Å²) in [7, 11) is 1.77. The molecule has 0 radical (unpaired) electrons. The highest BCUT2D eigenvalue weighted by Crippen LogP contribution is 2.27. The maximum absolute atomic E-state index is 5.53. The van der Waals surface area contributed by atoms with Gasteiger partial charge >= 0.3 is 0 Å². The first kappa shape index (κ1) is 15.8. The molecular weight excluding hydrogens is 314 g/mol. The molecule has 0 aromatic heterocycles. The molecule has 0 atom stereocenters. The van der Waals surface area contributed by atoms with E-state index in [0.717, 1.165) is 30.2 Å². The molecule has 0 amide bonds. The normalized spacial score (nSPS) is 16.6. The second kappa shape index (κ2) is 8.04. The van der Waals surface area contributed by atoms with Crippen molar-refractivity contribution in [1.29, 1.82) is 0 Å². The van der Waals surface area contributed by atoms with Gasteiger partial charge in [0.05, 0.1) is 7.11 Å². The quantitative estimate of drug-likeness (QED) is 0.706. The lowest BCUT2D eigenvalue weighted by Crippen LogP contribution is -2.37. The van der Waals surface area contributed by atoms with Crippen molar-refractivity contribution in [3.05, 3.63) is 29.3 Å². The van der Waals surface area contributed by atoms with Gasteiger partial charge in [0.2, 0.25) is 0 Å². The number of hydrogen-bond acceptors (Lipinski definition) is 2. The summed E-state index contributed by atoms with van der Waals surface area (Å²) in [5, 5.41) is 1.04. The molecule has 1 aromatic carbocycles. The monoisotopic (exact) mass is 339 g/mol. The molecule has 20 heavy (non-hydrogen) atoms. The summed E-state index contributed by atoms with van der Waals surface area (Å²) in [4.78, 5) is 2.63. The predicted molar refractivity (Wildman–Crippen MR) is 88.8 cm³/mol. The van der Waals surface area contributed by atoms with Crippen LogP contribution in [0.25, 0.3) is 0 Å². The van der Waals surface area contributed by atoms with Gasteiger partial charge in [0, 0.05) is 30.0 Å². The third-order valence-electron chi connectivity index (χ3n) is 4.27. The van der Waals surface area contributed by atoms with Gasteiger partial charge in [-0.15, -0.1) is 0 Å². The van der Waals surface area contributed by atoms with Gasteiger partial charge in [-0.05, 0) is 25.8 Å². The number of rotatable bonds is 6. The van der Waals surface area contributed by atoms with Crippen LogP contribution >= 0.6 is 15.9 Å². The summed E-state index contributed by atoms with van der Waals surface area (Å²) in [5.41, 5.74) is 2.63. The van der Waals surface area contributed by atoms with Crippen molar-refractivity contribution in [2.75, 3.05) is 19.0 Å². The number of benzene rings is 1. The van der Waals surface area contributed by atoms with Crippen molar-refractivity contribution >= 4 is 15.9 Å². The van der Waals surface area contributed by atoms with E-state index in [1.165, 1.54) is 43.2 Å². The lowest BCUT2D eigenvalue weighted by molar-refractivity contribution is 0.156. The van der Waals surface area contributed by atoms with E-state index in [9.17, 15) is 0 Å². The van der Waals surface area contributed by atoms with Crippen LogP contribution in [0.2, 0.25) is 0 Å². The summed E-state index contributed by atoms with van der Waals surface area (Å²) in [6, 6.07) is 7.23. The van der Waals surface area contributed by atoms with E-state index in [1.54, 1.807) is 7.11 Å². The Labute approximate surface area is 131 Å². The number of aryl methyl sites for hydroxylation is 1. The molecule has 0 unspecified atom stereocenters. The molecule has 2 nitrogen and oxygen atoms in total. The first-order valence-corrected chi connectivity index (χ1v) is 8.80. The Balaban J connectivity index is 2.12. The SMILES string of the molecule is COc1ccc(C)cc1CN(CCBr)C1CCCCC1. The van der Waals surface area contributed by atoms with Crippen molar-refractivity contribution < 1.29 is 4.74 Å². The van der Waals surface area contributed by atoms with Gasteiger partial charge in [0.1, 0.15) is 5.75 Å². The maximum atomic E-state index is 5.53. The Morgan fingerprint density at radius 1 is 1.25 bits per heavy atom. The van der Waals surface area contributed by atoms with Crippen LogP contribution in [0, 0.1) is 6.92 Å². The van der Waals surface area contributed by atoms with Crippen molar-refractivity contribution in [1.82, 2.24) is 4.90 Å². The highest BCUT2D eigenvalue weighted by atomic mass is 79.9. The lowest BCUT2D eigenvalue weighted by atomic mass is 9.93. The van der Waals surface area contributed by atoms with Crippen molar-refractivity contribution in [2.24, 2.45) is 0 Å². The van der Waals surface area contributed by atoms with Gasteiger partial charge in [-0.25, -0.2) is 0 Å². The zero-order valence-corrected chi connectivity index (χ0v) is 14.3. The van der Waals surface area contributed by atoms with E-state index < -0.39 is 0 Å². The largest absolute Gasteiger partial charge is 0.496 e. The first-order valence-electron chi connectivity index (χ1n) is 7.68. The van der Waals surface area contributed by atoms with Crippen LogP contribution in [0.5, 0.6) is 5.75 Å². The fourth-order valence-corrected chi connectivity index (χ4v) is 3.65. The number of alkyl halides is 1. The first-order chi connectivity index (χ1) is 9.74. The predicted octanol–water partition coefficient (Wildman–Crippen LogP) is 4.53. The molecule has 0 bridgehead atoms. The standard InChI is InChI=1S/C17H26BrNO/c1-14-8-9-17(20-2)15(12-14)13-19(11-10-18)16-6-4-3-5-7-16/h8-9,12,16H,3-7,10-11,13H2,1-2H3. The fourth-order valence-electron chi connectivity index (χ4n) is 3.20. The molecule has 112 valence electrons. The molecule has 1 aliphatic rings. The summed E-state index contributed by atoms with van der Waals surface area (Å²) >= 11 is 3.61. The second-order valence-electron chi connectivity index (χ2n) is 5.77. The minimum absolute atomic E-state index is 0.742. The van der Waals surface area contributed by atoms with E-state index in [1.807, 2.05) is 0 Å². The van der Waals surface area contributed by atoms with Crippen molar-refractivity contribution in [3.63, 3.8) is 0 Å². The molecule has 1 aliphatic carbocycles. The van der Waals surface area contributed by atoms with Crippen molar-refractivity contribution in [3.8, 4) is 5.75 Å². The molecule has 1 aromatic rings. The Morgan fingerprint density at radius 2 is 2.00 bits per heavy atom. The molecule has 0 aliphatic heterocycles. The van der Waals surface area contributed by atoms with E-state index in [2.05, 4.69) is 46.0 Å². The number of ether oxygens (including phenoxy) is 1. The average Bonchev–Trinajstić information content (AvgIpc) is 2.48. The molecular formula is C17H26BrNO. The summed E-state index contributed by atoms with van der Waals surface area (Å²) in [5.74, 6) is 1.02. The summed E-state index contributed by atoms with van der Waals surface area (Å²) in [6.07, 6.45) is 6.87. The Bertz CT molecular complexity index is 415. The average molecular weight is 340 g/mol. The number of methoxy groups -OCH3 is 1. The van der Waals surface area contributed by atoms with Crippen LogP contribution in [-0.2, 0) is 6.54 Å². The third-order valence-corrected chi connectivity index (χ3v) is 4.63. The highest BCUT2D eigenvalue weighted by Gasteiger charge is 2.21. The van der Waals surface area contributed by atoms with Crippen LogP contribution < -0.4 is 4.74 Å². The Kier molecular flexibility index (Phi) is 6.37. The summed E-state index contributed by atoms with van der Waals surface area (Å²) < 4.78 is 5.53. The van der Waals surface area contributed by atoms with E-state index in [0.29, 0.717) is 0 Å².